The quantitative estimate of drug-likeness (QED) is 0.142. The van der Waals surface area contributed by atoms with E-state index in [4.69, 9.17) is 24.4 Å². The van der Waals surface area contributed by atoms with Crippen LogP contribution in [0, 0.1) is 0 Å². The molecule has 6 rings (SSSR count). The number of aliphatic hydroxyl groups excluding tert-OH is 2. The molecule has 1 saturated heterocycles. The van der Waals surface area contributed by atoms with Gasteiger partial charge in [-0.25, -0.2) is 9.78 Å². The average molecular weight is 729 g/mol. The number of hydrogen-bond acceptors (Lipinski definition) is 12. The summed E-state index contributed by atoms with van der Waals surface area (Å²) in [5.41, 5.74) is 2.50. The summed E-state index contributed by atoms with van der Waals surface area (Å²) in [7, 11) is 0. The second-order valence-electron chi connectivity index (χ2n) is 14.7. The number of aromatic nitrogens is 4. The number of carbonyl (C=O) groups excluding carboxylic acids is 3. The molecule has 53 heavy (non-hydrogen) atoms. The Kier molecular flexibility index (Phi) is 11.1. The van der Waals surface area contributed by atoms with Crippen molar-refractivity contribution in [3.05, 3.63) is 78.1 Å². The molecule has 15 heteroatoms. The van der Waals surface area contributed by atoms with Gasteiger partial charge < -0.3 is 45.1 Å². The standard InChI is InChI=1S/C38H48N8O7/c1-22(52-23(2)47)35(50)42-28-18-29(32(49)31(28)48)46-21-40-30-33(39-19-27(24-12-8-6-9-13-24)25-14-10-7-11-15-25)43-36(44-34(30)46)45-17-16-26(20-45)41-37(51)53-38(3,4)5/h6-15,21-22,26-29,31-32,48-49H,16-20H2,1-5H3,(H,41,51)(H,42,50)(H,39,43,44)/t22-,26+,28-,29+,31+,32-/m0/s1. The number of benzene rings is 2. The Morgan fingerprint density at radius 1 is 0.962 bits per heavy atom. The first-order valence-electron chi connectivity index (χ1n) is 17.9. The molecule has 1 aliphatic heterocycles. The molecule has 2 amide bonds. The van der Waals surface area contributed by atoms with Crippen molar-refractivity contribution in [1.29, 1.82) is 0 Å². The fourth-order valence-electron chi connectivity index (χ4n) is 6.97. The molecule has 1 saturated carbocycles. The summed E-state index contributed by atoms with van der Waals surface area (Å²) >= 11 is 0. The van der Waals surface area contributed by atoms with Crippen LogP contribution in [0.5, 0.6) is 0 Å². The van der Waals surface area contributed by atoms with Crippen LogP contribution in [-0.4, -0.2) is 103 Å². The van der Waals surface area contributed by atoms with Crippen molar-refractivity contribution in [3.8, 4) is 0 Å². The van der Waals surface area contributed by atoms with E-state index in [0.29, 0.717) is 49.0 Å². The van der Waals surface area contributed by atoms with Crippen LogP contribution in [0.1, 0.15) is 70.5 Å². The van der Waals surface area contributed by atoms with Gasteiger partial charge in [-0.15, -0.1) is 0 Å². The number of nitrogens with one attached hydrogen (secondary N) is 3. The highest BCUT2D eigenvalue weighted by atomic mass is 16.6. The predicted molar refractivity (Wildman–Crippen MR) is 197 cm³/mol. The van der Waals surface area contributed by atoms with Gasteiger partial charge in [-0.1, -0.05) is 60.7 Å². The lowest BCUT2D eigenvalue weighted by molar-refractivity contribution is -0.153. The fraction of sp³-hybridized carbons (Fsp3) is 0.474. The third kappa shape index (κ3) is 8.86. The first-order chi connectivity index (χ1) is 25.3. The van der Waals surface area contributed by atoms with E-state index in [9.17, 15) is 24.6 Å². The molecule has 6 atom stereocenters. The summed E-state index contributed by atoms with van der Waals surface area (Å²) in [5.74, 6) is -0.325. The van der Waals surface area contributed by atoms with Crippen LogP contribution in [0.4, 0.5) is 16.6 Å². The minimum atomic E-state index is -1.30. The van der Waals surface area contributed by atoms with Crippen LogP contribution in [0.25, 0.3) is 11.2 Å². The first kappa shape index (κ1) is 37.5. The normalized spacial score (nSPS) is 22.1. The molecule has 3 heterocycles. The van der Waals surface area contributed by atoms with E-state index >= 15 is 0 Å². The van der Waals surface area contributed by atoms with Crippen molar-refractivity contribution in [3.63, 3.8) is 0 Å². The second kappa shape index (κ2) is 15.8. The Labute approximate surface area is 308 Å². The molecule has 0 radical (unpaired) electrons. The van der Waals surface area contributed by atoms with Crippen LogP contribution in [-0.2, 0) is 19.1 Å². The van der Waals surface area contributed by atoms with Gasteiger partial charge in [0.15, 0.2) is 23.1 Å². The lowest BCUT2D eigenvalue weighted by Gasteiger charge is -2.23. The zero-order chi connectivity index (χ0) is 37.9. The van der Waals surface area contributed by atoms with Gasteiger partial charge in [-0.2, -0.15) is 9.97 Å². The monoisotopic (exact) mass is 728 g/mol. The molecule has 2 fully saturated rings. The Bertz CT molecular complexity index is 1860. The number of hydrogen-bond donors (Lipinski definition) is 5. The maximum atomic E-state index is 12.8. The van der Waals surface area contributed by atoms with Crippen molar-refractivity contribution < 1.29 is 34.1 Å². The number of amides is 2. The molecular formula is C38H48N8O7. The van der Waals surface area contributed by atoms with Crippen molar-refractivity contribution in [2.45, 2.75) is 95.4 Å². The van der Waals surface area contributed by atoms with Gasteiger partial charge in [0.25, 0.3) is 5.91 Å². The molecule has 2 aromatic heterocycles. The lowest BCUT2D eigenvalue weighted by atomic mass is 9.91. The summed E-state index contributed by atoms with van der Waals surface area (Å²) < 4.78 is 12.2. The van der Waals surface area contributed by atoms with Crippen LogP contribution in [0.3, 0.4) is 0 Å². The van der Waals surface area contributed by atoms with E-state index in [0.717, 1.165) is 11.1 Å². The average Bonchev–Trinajstić information content (AvgIpc) is 3.82. The van der Waals surface area contributed by atoms with Gasteiger partial charge in [0.05, 0.1) is 24.5 Å². The molecule has 0 spiro atoms. The molecule has 4 aromatic rings. The summed E-state index contributed by atoms with van der Waals surface area (Å²) in [6, 6.07) is 18.6. The SMILES string of the molecule is CC(=O)O[C@@H](C)C(=O)N[C@H]1C[C@@H](n2cnc3c(NCC(c4ccccc4)c4ccccc4)nc(N4CC[C@@H](NC(=O)OC(C)(C)C)C4)nc32)[C@H](O)[C@@H]1O. The molecule has 5 N–H and O–H groups in total. The molecular weight excluding hydrogens is 680 g/mol. The summed E-state index contributed by atoms with van der Waals surface area (Å²) in [6.45, 7) is 9.57. The number of imidazole rings is 1. The van der Waals surface area contributed by atoms with Gasteiger partial charge in [0, 0.05) is 32.5 Å². The maximum absolute atomic E-state index is 12.8. The van der Waals surface area contributed by atoms with E-state index < -0.39 is 54.0 Å². The molecule has 0 unspecified atom stereocenters. The highest BCUT2D eigenvalue weighted by molar-refractivity contribution is 5.85. The summed E-state index contributed by atoms with van der Waals surface area (Å²) in [5, 5.41) is 31.5. The van der Waals surface area contributed by atoms with Crippen LogP contribution in [0.15, 0.2) is 67.0 Å². The molecule has 1 aliphatic carbocycles. The lowest BCUT2D eigenvalue weighted by Crippen LogP contribution is -2.47. The van der Waals surface area contributed by atoms with Gasteiger partial charge in [-0.05, 0) is 51.7 Å². The molecule has 282 valence electrons. The van der Waals surface area contributed by atoms with E-state index in [2.05, 4.69) is 40.2 Å². The van der Waals surface area contributed by atoms with Gasteiger partial charge in [0.2, 0.25) is 5.95 Å². The number of nitrogens with zero attached hydrogens (tertiary/aromatic N) is 5. The van der Waals surface area contributed by atoms with Crippen LogP contribution < -0.4 is 20.9 Å². The number of aliphatic hydroxyl groups is 2. The number of anilines is 2. The molecule has 2 aliphatic rings. The van der Waals surface area contributed by atoms with E-state index in [1.54, 1.807) is 10.9 Å². The zero-order valence-corrected chi connectivity index (χ0v) is 30.6. The summed E-state index contributed by atoms with van der Waals surface area (Å²) in [4.78, 5) is 53.3. The van der Waals surface area contributed by atoms with Crippen molar-refractivity contribution >= 4 is 40.9 Å². The van der Waals surface area contributed by atoms with Crippen LogP contribution >= 0.6 is 0 Å². The van der Waals surface area contributed by atoms with Crippen LogP contribution in [0.2, 0.25) is 0 Å². The van der Waals surface area contributed by atoms with Gasteiger partial charge in [0.1, 0.15) is 17.8 Å². The molecule has 2 aromatic carbocycles. The molecule has 0 bridgehead atoms. The number of carbonyl (C=O) groups is 3. The number of ether oxygens (including phenoxy) is 2. The van der Waals surface area contributed by atoms with Crippen molar-refractivity contribution in [2.24, 2.45) is 0 Å². The second-order valence-corrected chi connectivity index (χ2v) is 14.7. The number of fused-ring (bicyclic) bond motifs is 1. The third-order valence-electron chi connectivity index (χ3n) is 9.53. The predicted octanol–water partition coefficient (Wildman–Crippen LogP) is 3.28. The molecule has 15 nitrogen and oxygen atoms in total. The van der Waals surface area contributed by atoms with E-state index in [1.165, 1.54) is 13.8 Å². The smallest absolute Gasteiger partial charge is 0.407 e. The third-order valence-corrected chi connectivity index (χ3v) is 9.53. The van der Waals surface area contributed by atoms with Gasteiger partial charge in [-0.3, -0.25) is 9.59 Å². The minimum Gasteiger partial charge on any atom is -0.453 e. The Morgan fingerprint density at radius 2 is 1.62 bits per heavy atom. The number of alkyl carbamates (subject to hydrolysis) is 1. The topological polar surface area (TPSA) is 193 Å². The highest BCUT2D eigenvalue weighted by Crippen LogP contribution is 2.35. The van der Waals surface area contributed by atoms with E-state index in [1.807, 2.05) is 62.1 Å². The highest BCUT2D eigenvalue weighted by Gasteiger charge is 2.44. The van der Waals surface area contributed by atoms with E-state index in [-0.39, 0.29) is 18.4 Å². The number of rotatable bonds is 11. The Morgan fingerprint density at radius 3 is 2.25 bits per heavy atom. The fourth-order valence-corrected chi connectivity index (χ4v) is 6.97. The first-order valence-corrected chi connectivity index (χ1v) is 17.9. The van der Waals surface area contributed by atoms with Gasteiger partial charge >= 0.3 is 12.1 Å². The largest absolute Gasteiger partial charge is 0.453 e. The van der Waals surface area contributed by atoms with Crippen molar-refractivity contribution in [2.75, 3.05) is 29.9 Å². The Hall–Kier alpha value is -5.28. The van der Waals surface area contributed by atoms with Crippen molar-refractivity contribution in [1.82, 2.24) is 30.2 Å². The summed E-state index contributed by atoms with van der Waals surface area (Å²) in [6.07, 6.45) is -1.78. The minimum absolute atomic E-state index is 0.0207. The maximum Gasteiger partial charge on any atom is 0.407 e. The Balaban J connectivity index is 1.31. The zero-order valence-electron chi connectivity index (χ0n) is 30.6. The number of esters is 1.